The molecule has 0 amide bonds. The lowest BCUT2D eigenvalue weighted by Crippen LogP contribution is -2.69. The summed E-state index contributed by atoms with van der Waals surface area (Å²) >= 11 is 0. The Hall–Kier alpha value is 0.394. The van der Waals surface area contributed by atoms with Crippen molar-refractivity contribution in [2.45, 2.75) is 170 Å². The molecular weight excluding hydrogens is 431 g/mol. The average Bonchev–Trinajstić information content (AvgIpc) is 2.90. The van der Waals surface area contributed by atoms with Gasteiger partial charge in [0.15, 0.2) is 0 Å². The zero-order valence-corrected chi connectivity index (χ0v) is 22.4. The minimum Gasteiger partial charge on any atom is -0.350 e. The lowest BCUT2D eigenvalue weighted by Gasteiger charge is -2.65. The first-order valence-electron chi connectivity index (χ1n) is 15.6. The molecule has 0 bridgehead atoms. The van der Waals surface area contributed by atoms with E-state index < -0.39 is 8.24 Å². The van der Waals surface area contributed by atoms with E-state index in [4.69, 9.17) is 5.40 Å². The highest BCUT2D eigenvalue weighted by molar-refractivity contribution is 6.82. The summed E-state index contributed by atoms with van der Waals surface area (Å²) in [6.45, 7) is 0. The van der Waals surface area contributed by atoms with Gasteiger partial charge in [0.2, 0.25) is 0 Å². The highest BCUT2D eigenvalue weighted by Gasteiger charge is 2.65. The summed E-state index contributed by atoms with van der Waals surface area (Å²) in [4.78, 5) is 0. The molecule has 5 aliphatic rings. The van der Waals surface area contributed by atoms with Crippen molar-refractivity contribution >= 4 is 19.2 Å². The fraction of sp³-hybridized carbons (Fsp3) is 1.00. The van der Waals surface area contributed by atoms with Crippen molar-refractivity contribution in [2.24, 2.45) is 23.2 Å². The van der Waals surface area contributed by atoms with Crippen LogP contribution in [0.4, 0.5) is 0 Å². The number of rotatable bonds is 5. The van der Waals surface area contributed by atoms with Gasteiger partial charge in [-0.2, -0.15) is 0 Å². The van der Waals surface area contributed by atoms with Gasteiger partial charge in [-0.05, 0) is 57.7 Å². The summed E-state index contributed by atoms with van der Waals surface area (Å²) in [5.74, 6) is 3.05. The Bertz CT molecular complexity index is 552. The molecule has 33 heavy (non-hydrogen) atoms. The van der Waals surface area contributed by atoms with E-state index >= 15 is 0 Å². The van der Waals surface area contributed by atoms with Crippen molar-refractivity contribution in [3.8, 4) is 0 Å². The summed E-state index contributed by atoms with van der Waals surface area (Å²) in [6, 6.07) is 0. The van der Waals surface area contributed by atoms with Crippen LogP contribution in [0.3, 0.4) is 0 Å². The lowest BCUT2D eigenvalue weighted by molar-refractivity contribution is 0.0696. The van der Waals surface area contributed by atoms with Crippen molar-refractivity contribution in [3.63, 3.8) is 0 Å². The maximum absolute atomic E-state index is 8.42. The van der Waals surface area contributed by atoms with Crippen LogP contribution in [0.1, 0.15) is 154 Å². The molecule has 0 aromatic carbocycles. The highest BCUT2D eigenvalue weighted by atomic mass is 28.3. The molecule has 0 aromatic heterocycles. The SMILES string of the molecule is N[Si](C1CCCCC1)(C1CCCCC1)C1(C2CCCCC2)CCCCC1C1CCCCC1.[SiH4]. The van der Waals surface area contributed by atoms with Crippen LogP contribution in [0.2, 0.25) is 16.1 Å². The van der Waals surface area contributed by atoms with E-state index in [2.05, 4.69) is 0 Å². The van der Waals surface area contributed by atoms with Crippen LogP contribution in [-0.2, 0) is 0 Å². The summed E-state index contributed by atoms with van der Waals surface area (Å²) in [5, 5.41) is 9.03. The minimum absolute atomic E-state index is 0. The Morgan fingerprint density at radius 3 is 1.42 bits per heavy atom. The van der Waals surface area contributed by atoms with Crippen LogP contribution in [-0.4, -0.2) is 19.2 Å². The highest BCUT2D eigenvalue weighted by Crippen LogP contribution is 2.70. The molecule has 0 saturated heterocycles. The second-order valence-corrected chi connectivity index (χ2v) is 17.7. The van der Waals surface area contributed by atoms with E-state index in [0.29, 0.717) is 5.04 Å². The molecule has 3 heteroatoms. The van der Waals surface area contributed by atoms with Gasteiger partial charge in [0.25, 0.3) is 0 Å². The molecule has 5 aliphatic carbocycles. The average molecular weight is 490 g/mol. The summed E-state index contributed by atoms with van der Waals surface area (Å²) in [5.41, 5.74) is 1.93. The molecular formula is C30H59NSi2. The van der Waals surface area contributed by atoms with E-state index in [1.165, 1.54) is 116 Å². The maximum Gasteiger partial charge on any atom is 0.136 e. The molecule has 5 fully saturated rings. The van der Waals surface area contributed by atoms with Crippen LogP contribution in [0.5, 0.6) is 0 Å². The van der Waals surface area contributed by atoms with Crippen LogP contribution in [0, 0.1) is 17.8 Å². The lowest BCUT2D eigenvalue weighted by atomic mass is 9.61. The topological polar surface area (TPSA) is 26.0 Å². The Labute approximate surface area is 212 Å². The van der Waals surface area contributed by atoms with Crippen molar-refractivity contribution in [2.75, 3.05) is 0 Å². The fourth-order valence-corrected chi connectivity index (χ4v) is 18.2. The smallest absolute Gasteiger partial charge is 0.136 e. The molecule has 0 radical (unpaired) electrons. The maximum atomic E-state index is 8.42. The van der Waals surface area contributed by atoms with Crippen molar-refractivity contribution in [1.29, 1.82) is 0 Å². The molecule has 5 rings (SSSR count). The molecule has 5 saturated carbocycles. The molecule has 192 valence electrons. The number of hydrogen-bond donors (Lipinski definition) is 1. The standard InChI is InChI=1S/C30H55NSi.H4Si/c31-32(27-19-9-3-10-20-27,28-21-11-4-12-22-28)30(26-17-7-2-8-18-26)24-14-13-23-29(30)25-15-5-1-6-16-25;/h25-29H,1-24,31H2;1H4. The quantitative estimate of drug-likeness (QED) is 0.387. The zero-order chi connectivity index (χ0) is 21.9. The van der Waals surface area contributed by atoms with E-state index in [0.717, 1.165) is 28.8 Å². The van der Waals surface area contributed by atoms with Crippen LogP contribution in [0.25, 0.3) is 0 Å². The third-order valence-corrected chi connectivity index (χ3v) is 18.4. The van der Waals surface area contributed by atoms with Crippen molar-refractivity contribution in [1.82, 2.24) is 0 Å². The van der Waals surface area contributed by atoms with E-state index in [9.17, 15) is 0 Å². The van der Waals surface area contributed by atoms with Gasteiger partial charge in [0.1, 0.15) is 8.24 Å². The van der Waals surface area contributed by atoms with Gasteiger partial charge in [-0.25, -0.2) is 0 Å². The fourth-order valence-electron chi connectivity index (χ4n) is 10.7. The monoisotopic (exact) mass is 489 g/mol. The van der Waals surface area contributed by atoms with E-state index in [1.54, 1.807) is 38.5 Å². The Morgan fingerprint density at radius 2 is 0.909 bits per heavy atom. The van der Waals surface area contributed by atoms with Gasteiger partial charge >= 0.3 is 0 Å². The largest absolute Gasteiger partial charge is 0.350 e. The van der Waals surface area contributed by atoms with Crippen LogP contribution in [0.15, 0.2) is 0 Å². The second-order valence-electron chi connectivity index (χ2n) is 13.2. The predicted molar refractivity (Wildman–Crippen MR) is 153 cm³/mol. The van der Waals surface area contributed by atoms with E-state index in [1.807, 2.05) is 0 Å². The van der Waals surface area contributed by atoms with Crippen molar-refractivity contribution in [3.05, 3.63) is 0 Å². The number of hydrogen-bond acceptors (Lipinski definition) is 1. The minimum atomic E-state index is -1.93. The molecule has 1 nitrogen and oxygen atoms in total. The number of nitrogens with two attached hydrogens (primary N) is 1. The first-order valence-corrected chi connectivity index (χ1v) is 17.8. The first-order chi connectivity index (χ1) is 15.8. The van der Waals surface area contributed by atoms with Gasteiger partial charge in [0, 0.05) is 0 Å². The summed E-state index contributed by atoms with van der Waals surface area (Å²) in [6.07, 6.45) is 36.5. The third-order valence-electron chi connectivity index (χ3n) is 11.9. The molecule has 2 atom stereocenters. The van der Waals surface area contributed by atoms with Crippen LogP contribution >= 0.6 is 0 Å². The zero-order valence-electron chi connectivity index (χ0n) is 21.4. The molecule has 2 N–H and O–H groups in total. The molecule has 0 heterocycles. The molecule has 0 aliphatic heterocycles. The molecule has 0 aromatic rings. The normalized spacial score (nSPS) is 34.6. The third kappa shape index (κ3) is 5.00. The Morgan fingerprint density at radius 1 is 0.485 bits per heavy atom. The Balaban J connectivity index is 0.00000259. The van der Waals surface area contributed by atoms with Gasteiger partial charge in [-0.1, -0.05) is 141 Å². The first kappa shape index (κ1) is 26.5. The van der Waals surface area contributed by atoms with Gasteiger partial charge in [0.05, 0.1) is 0 Å². The van der Waals surface area contributed by atoms with Gasteiger partial charge in [-0.15, -0.1) is 0 Å². The Kier molecular flexibility index (Phi) is 9.69. The van der Waals surface area contributed by atoms with Gasteiger partial charge in [-0.3, -0.25) is 0 Å². The summed E-state index contributed by atoms with van der Waals surface area (Å²) < 4.78 is 0. The second kappa shape index (κ2) is 12.1. The predicted octanol–water partition coefficient (Wildman–Crippen LogP) is 8.20. The van der Waals surface area contributed by atoms with Crippen LogP contribution < -0.4 is 5.40 Å². The van der Waals surface area contributed by atoms with Gasteiger partial charge < -0.3 is 5.40 Å². The van der Waals surface area contributed by atoms with Crippen molar-refractivity contribution < 1.29 is 0 Å². The summed E-state index contributed by atoms with van der Waals surface area (Å²) in [7, 11) is -1.93. The molecule has 2 unspecified atom stereocenters. The van der Waals surface area contributed by atoms with E-state index in [-0.39, 0.29) is 11.0 Å². The molecule has 0 spiro atoms.